The van der Waals surface area contributed by atoms with Crippen LogP contribution in [0.5, 0.6) is 5.75 Å². The van der Waals surface area contributed by atoms with Gasteiger partial charge < -0.3 is 4.74 Å². The van der Waals surface area contributed by atoms with Gasteiger partial charge >= 0.3 is 0 Å². The number of pyridine rings is 1. The molecular weight excluding hydrogens is 302 g/mol. The van der Waals surface area contributed by atoms with Crippen molar-refractivity contribution in [2.24, 2.45) is 5.92 Å². The summed E-state index contributed by atoms with van der Waals surface area (Å²) in [6, 6.07) is 5.77. The molecule has 0 aliphatic heterocycles. The molecule has 1 saturated carbocycles. The highest BCUT2D eigenvalue weighted by atomic mass is 16.5. The molecule has 0 bridgehead atoms. The predicted molar refractivity (Wildman–Crippen MR) is 92.3 cm³/mol. The van der Waals surface area contributed by atoms with Crippen molar-refractivity contribution in [3.05, 3.63) is 42.0 Å². The maximum absolute atomic E-state index is 11.1. The highest BCUT2D eigenvalue weighted by molar-refractivity contribution is 5.75. The highest BCUT2D eigenvalue weighted by Crippen LogP contribution is 2.38. The van der Waals surface area contributed by atoms with Crippen LogP contribution in [0.25, 0.3) is 0 Å². The van der Waals surface area contributed by atoms with E-state index in [-0.39, 0.29) is 0 Å². The molecule has 0 saturated heterocycles. The number of hydrogen-bond acceptors (Lipinski definition) is 4. The van der Waals surface area contributed by atoms with Gasteiger partial charge in [-0.2, -0.15) is 5.10 Å². The lowest BCUT2D eigenvalue weighted by atomic mass is 9.78. The minimum atomic E-state index is 0.376. The molecule has 1 aliphatic rings. The van der Waals surface area contributed by atoms with Gasteiger partial charge in [-0.1, -0.05) is 19.8 Å². The van der Waals surface area contributed by atoms with Gasteiger partial charge in [0.15, 0.2) is 6.29 Å². The first-order chi connectivity index (χ1) is 11.8. The first-order valence-corrected chi connectivity index (χ1v) is 8.88. The summed E-state index contributed by atoms with van der Waals surface area (Å²) in [4.78, 5) is 15.2. The Hall–Kier alpha value is -2.17. The van der Waals surface area contributed by atoms with Crippen molar-refractivity contribution < 1.29 is 9.53 Å². The van der Waals surface area contributed by atoms with E-state index in [0.29, 0.717) is 29.9 Å². The lowest BCUT2D eigenvalue weighted by Crippen LogP contribution is -2.26. The van der Waals surface area contributed by atoms with Gasteiger partial charge in [0.05, 0.1) is 6.61 Å². The first-order valence-electron chi connectivity index (χ1n) is 8.88. The van der Waals surface area contributed by atoms with Gasteiger partial charge in [-0.15, -0.1) is 0 Å². The molecule has 128 valence electrons. The third kappa shape index (κ3) is 3.66. The summed E-state index contributed by atoms with van der Waals surface area (Å²) in [5.41, 5.74) is 1.70. The summed E-state index contributed by atoms with van der Waals surface area (Å²) < 4.78 is 8.12. The Morgan fingerprint density at radius 1 is 1.29 bits per heavy atom. The van der Waals surface area contributed by atoms with Gasteiger partial charge in [0.1, 0.15) is 11.4 Å². The van der Waals surface area contributed by atoms with Crippen molar-refractivity contribution >= 4 is 6.29 Å². The molecule has 1 fully saturated rings. The maximum atomic E-state index is 11.1. The van der Waals surface area contributed by atoms with Crippen LogP contribution in [0, 0.1) is 5.92 Å². The molecule has 5 heteroatoms. The Morgan fingerprint density at radius 3 is 3.00 bits per heavy atom. The zero-order chi connectivity index (χ0) is 16.8. The highest BCUT2D eigenvalue weighted by Gasteiger charge is 2.29. The minimum Gasteiger partial charge on any atom is -0.491 e. The molecule has 5 nitrogen and oxygen atoms in total. The molecule has 2 aromatic heterocycles. The van der Waals surface area contributed by atoms with Crippen LogP contribution in [0.4, 0.5) is 0 Å². The molecular formula is C19H25N3O2. The molecule has 0 aromatic carbocycles. The summed E-state index contributed by atoms with van der Waals surface area (Å²) in [7, 11) is 0. The number of rotatable bonds is 7. The lowest BCUT2D eigenvalue weighted by molar-refractivity contribution is 0.111. The van der Waals surface area contributed by atoms with Gasteiger partial charge in [-0.3, -0.25) is 9.48 Å². The molecule has 0 amide bonds. The summed E-state index contributed by atoms with van der Waals surface area (Å²) in [6.45, 7) is 3.76. The van der Waals surface area contributed by atoms with Crippen LogP contribution in [-0.4, -0.2) is 27.7 Å². The summed E-state index contributed by atoms with van der Waals surface area (Å²) in [5, 5.41) is 4.48. The van der Waals surface area contributed by atoms with E-state index in [1.54, 1.807) is 12.3 Å². The van der Waals surface area contributed by atoms with Crippen molar-refractivity contribution in [1.29, 1.82) is 0 Å². The molecule has 0 spiro atoms. The van der Waals surface area contributed by atoms with Gasteiger partial charge in [0.2, 0.25) is 0 Å². The van der Waals surface area contributed by atoms with Crippen LogP contribution in [0.2, 0.25) is 0 Å². The fraction of sp³-hybridized carbons (Fsp3) is 0.526. The van der Waals surface area contributed by atoms with Crippen LogP contribution in [0.1, 0.15) is 61.1 Å². The van der Waals surface area contributed by atoms with E-state index in [9.17, 15) is 4.79 Å². The Labute approximate surface area is 143 Å². The van der Waals surface area contributed by atoms with E-state index >= 15 is 0 Å². The maximum Gasteiger partial charge on any atom is 0.172 e. The number of nitrogens with zero attached hydrogens (tertiary/aromatic N) is 3. The van der Waals surface area contributed by atoms with Crippen molar-refractivity contribution in [3.63, 3.8) is 0 Å². The van der Waals surface area contributed by atoms with Crippen molar-refractivity contribution in [1.82, 2.24) is 14.8 Å². The predicted octanol–water partition coefficient (Wildman–Crippen LogP) is 3.85. The average molecular weight is 327 g/mol. The minimum absolute atomic E-state index is 0.376. The van der Waals surface area contributed by atoms with Gasteiger partial charge in [0.25, 0.3) is 0 Å². The standard InChI is InChI=1S/C19H25N3O2/c1-2-12-22-18(9-11-21-22)16-7-4-3-6-15(16)14-24-19-8-5-10-20-17(19)13-23/h5,8-11,13,15-16H,2-4,6-7,12,14H2,1H3/t15-,16?/m1/s1. The van der Waals surface area contributed by atoms with Crippen LogP contribution in [-0.2, 0) is 6.54 Å². The lowest BCUT2D eigenvalue weighted by Gasteiger charge is -2.32. The van der Waals surface area contributed by atoms with E-state index in [1.807, 2.05) is 12.3 Å². The molecule has 2 heterocycles. The van der Waals surface area contributed by atoms with E-state index < -0.39 is 0 Å². The van der Waals surface area contributed by atoms with Gasteiger partial charge in [-0.25, -0.2) is 4.98 Å². The normalized spacial score (nSPS) is 20.7. The molecule has 1 aliphatic carbocycles. The number of carbonyl (C=O) groups excluding carboxylic acids is 1. The number of hydrogen-bond donors (Lipinski definition) is 0. The second kappa shape index (κ2) is 8.08. The fourth-order valence-electron chi connectivity index (χ4n) is 3.66. The van der Waals surface area contributed by atoms with Crippen LogP contribution in [0.3, 0.4) is 0 Å². The molecule has 2 aromatic rings. The fourth-order valence-corrected chi connectivity index (χ4v) is 3.66. The van der Waals surface area contributed by atoms with Crippen molar-refractivity contribution in [2.75, 3.05) is 6.61 Å². The van der Waals surface area contributed by atoms with Crippen molar-refractivity contribution in [2.45, 2.75) is 51.5 Å². The topological polar surface area (TPSA) is 57.0 Å². The summed E-state index contributed by atoms with van der Waals surface area (Å²) in [6.07, 6.45) is 10.2. The average Bonchev–Trinajstić information content (AvgIpc) is 3.09. The smallest absolute Gasteiger partial charge is 0.172 e. The molecule has 0 radical (unpaired) electrons. The van der Waals surface area contributed by atoms with Crippen LogP contribution < -0.4 is 4.74 Å². The SMILES string of the molecule is CCCn1nccc1C1CCCC[C@@H]1COc1cccnc1C=O. The Balaban J connectivity index is 1.73. The summed E-state index contributed by atoms with van der Waals surface area (Å²) >= 11 is 0. The molecule has 0 N–H and O–H groups in total. The number of aldehydes is 1. The summed E-state index contributed by atoms with van der Waals surface area (Å²) in [5.74, 6) is 1.51. The van der Waals surface area contributed by atoms with E-state index in [0.717, 1.165) is 25.7 Å². The Morgan fingerprint density at radius 2 is 2.17 bits per heavy atom. The largest absolute Gasteiger partial charge is 0.491 e. The van der Waals surface area contributed by atoms with E-state index in [4.69, 9.17) is 4.74 Å². The Kier molecular flexibility index (Phi) is 5.62. The number of aromatic nitrogens is 3. The number of ether oxygens (including phenoxy) is 1. The number of aryl methyl sites for hydroxylation is 1. The van der Waals surface area contributed by atoms with E-state index in [1.165, 1.54) is 25.0 Å². The zero-order valence-corrected chi connectivity index (χ0v) is 14.2. The third-order valence-electron chi connectivity index (χ3n) is 4.84. The monoisotopic (exact) mass is 327 g/mol. The quantitative estimate of drug-likeness (QED) is 0.725. The first kappa shape index (κ1) is 16.7. The van der Waals surface area contributed by atoms with E-state index in [2.05, 4.69) is 27.8 Å². The number of carbonyl (C=O) groups is 1. The molecule has 3 rings (SSSR count). The third-order valence-corrected chi connectivity index (χ3v) is 4.84. The zero-order valence-electron chi connectivity index (χ0n) is 14.2. The molecule has 1 unspecified atom stereocenters. The van der Waals surface area contributed by atoms with Gasteiger partial charge in [0, 0.05) is 36.5 Å². The Bertz CT molecular complexity index is 668. The van der Waals surface area contributed by atoms with Crippen LogP contribution >= 0.6 is 0 Å². The van der Waals surface area contributed by atoms with Gasteiger partial charge in [-0.05, 0) is 37.5 Å². The molecule has 24 heavy (non-hydrogen) atoms. The van der Waals surface area contributed by atoms with Crippen LogP contribution in [0.15, 0.2) is 30.6 Å². The van der Waals surface area contributed by atoms with Crippen molar-refractivity contribution in [3.8, 4) is 5.75 Å². The molecule has 2 atom stereocenters. The second-order valence-electron chi connectivity index (χ2n) is 6.45. The second-order valence-corrected chi connectivity index (χ2v) is 6.45.